The maximum absolute atomic E-state index is 5.67. The summed E-state index contributed by atoms with van der Waals surface area (Å²) in [6, 6.07) is 8.65. The molecule has 90 valence electrons. The van der Waals surface area contributed by atoms with Crippen molar-refractivity contribution in [2.75, 3.05) is 0 Å². The van der Waals surface area contributed by atoms with Crippen molar-refractivity contribution in [2.24, 2.45) is 12.8 Å². The summed E-state index contributed by atoms with van der Waals surface area (Å²) in [6.07, 6.45) is 1.07. The van der Waals surface area contributed by atoms with Crippen LogP contribution in [-0.4, -0.2) is 9.55 Å². The Hall–Kier alpha value is -1.61. The van der Waals surface area contributed by atoms with Crippen LogP contribution in [0.4, 0.5) is 0 Å². The van der Waals surface area contributed by atoms with Crippen LogP contribution in [0.2, 0.25) is 0 Å². The van der Waals surface area contributed by atoms with E-state index in [0.29, 0.717) is 6.54 Å². The number of hydrogen-bond donors (Lipinski definition) is 1. The topological polar surface area (TPSA) is 43.8 Å². The van der Waals surface area contributed by atoms with Crippen molar-refractivity contribution in [1.29, 1.82) is 0 Å². The Morgan fingerprint density at radius 2 is 1.88 bits per heavy atom. The zero-order chi connectivity index (χ0) is 12.4. The van der Waals surface area contributed by atoms with E-state index < -0.39 is 0 Å². The number of aromatic nitrogens is 2. The van der Waals surface area contributed by atoms with Crippen LogP contribution >= 0.6 is 0 Å². The number of rotatable bonds is 3. The van der Waals surface area contributed by atoms with Crippen molar-refractivity contribution in [3.05, 3.63) is 41.3 Å². The van der Waals surface area contributed by atoms with Crippen molar-refractivity contribution < 1.29 is 0 Å². The third-order valence-corrected chi connectivity index (χ3v) is 3.18. The first-order valence-electron chi connectivity index (χ1n) is 5.99. The van der Waals surface area contributed by atoms with E-state index in [1.807, 2.05) is 14.0 Å². The highest BCUT2D eigenvalue weighted by Crippen LogP contribution is 2.24. The van der Waals surface area contributed by atoms with Crippen LogP contribution in [0, 0.1) is 6.92 Å². The van der Waals surface area contributed by atoms with Gasteiger partial charge in [0.1, 0.15) is 5.82 Å². The number of nitrogens with two attached hydrogens (primary N) is 1. The summed E-state index contributed by atoms with van der Waals surface area (Å²) < 4.78 is 2.08. The van der Waals surface area contributed by atoms with Gasteiger partial charge in [0.2, 0.25) is 0 Å². The van der Waals surface area contributed by atoms with Gasteiger partial charge in [0.25, 0.3) is 0 Å². The van der Waals surface area contributed by atoms with E-state index >= 15 is 0 Å². The Morgan fingerprint density at radius 1 is 1.24 bits per heavy atom. The average molecular weight is 229 g/mol. The molecule has 17 heavy (non-hydrogen) atoms. The van der Waals surface area contributed by atoms with Crippen LogP contribution < -0.4 is 5.73 Å². The Morgan fingerprint density at radius 3 is 2.35 bits per heavy atom. The van der Waals surface area contributed by atoms with E-state index in [1.54, 1.807) is 0 Å². The smallest absolute Gasteiger partial charge is 0.122 e. The molecule has 1 heterocycles. The number of hydrogen-bond acceptors (Lipinski definition) is 2. The van der Waals surface area contributed by atoms with Gasteiger partial charge in [-0.15, -0.1) is 0 Å². The lowest BCUT2D eigenvalue weighted by molar-refractivity contribution is 0.798. The molecular formula is C14H19N3. The highest BCUT2D eigenvalue weighted by molar-refractivity contribution is 5.63. The minimum absolute atomic E-state index is 0.477. The Labute approximate surface area is 102 Å². The molecule has 0 saturated carbocycles. The molecule has 0 aliphatic carbocycles. The standard InChI is InChI=1S/C14H19N3/c1-4-11-5-7-12(8-6-11)14-10(2)16-13(9-15)17(14)3/h5-8H,4,9,15H2,1-3H3. The molecule has 0 saturated heterocycles. The van der Waals surface area contributed by atoms with Crippen molar-refractivity contribution >= 4 is 0 Å². The van der Waals surface area contributed by atoms with Gasteiger partial charge in [0.05, 0.1) is 17.9 Å². The number of benzene rings is 1. The van der Waals surface area contributed by atoms with E-state index in [4.69, 9.17) is 5.73 Å². The van der Waals surface area contributed by atoms with Crippen LogP contribution in [0.15, 0.2) is 24.3 Å². The fraction of sp³-hybridized carbons (Fsp3) is 0.357. The SMILES string of the molecule is CCc1ccc(-c2c(C)nc(CN)n2C)cc1. The fourth-order valence-electron chi connectivity index (χ4n) is 2.18. The first-order valence-corrected chi connectivity index (χ1v) is 5.99. The summed E-state index contributed by atoms with van der Waals surface area (Å²) in [6.45, 7) is 4.67. The van der Waals surface area contributed by atoms with Crippen LogP contribution in [0.5, 0.6) is 0 Å². The molecule has 2 N–H and O–H groups in total. The predicted octanol–water partition coefficient (Wildman–Crippen LogP) is 2.42. The van der Waals surface area contributed by atoms with Gasteiger partial charge >= 0.3 is 0 Å². The maximum atomic E-state index is 5.67. The first kappa shape index (κ1) is 11.9. The number of aryl methyl sites for hydroxylation is 2. The normalized spacial score (nSPS) is 10.8. The van der Waals surface area contributed by atoms with Gasteiger partial charge in [-0.1, -0.05) is 31.2 Å². The van der Waals surface area contributed by atoms with Crippen LogP contribution in [0.3, 0.4) is 0 Å². The van der Waals surface area contributed by atoms with Crippen molar-refractivity contribution in [3.8, 4) is 11.3 Å². The molecule has 0 atom stereocenters. The van der Waals surface area contributed by atoms with Crippen molar-refractivity contribution in [1.82, 2.24) is 9.55 Å². The second kappa shape index (κ2) is 4.72. The minimum atomic E-state index is 0.477. The van der Waals surface area contributed by atoms with E-state index in [1.165, 1.54) is 11.1 Å². The van der Waals surface area contributed by atoms with Crippen molar-refractivity contribution in [2.45, 2.75) is 26.8 Å². The summed E-state index contributed by atoms with van der Waals surface area (Å²) in [4.78, 5) is 4.49. The second-order valence-electron chi connectivity index (χ2n) is 4.28. The van der Waals surface area contributed by atoms with E-state index in [-0.39, 0.29) is 0 Å². The monoisotopic (exact) mass is 229 g/mol. The molecular weight excluding hydrogens is 210 g/mol. The van der Waals surface area contributed by atoms with E-state index in [0.717, 1.165) is 23.6 Å². The van der Waals surface area contributed by atoms with Gasteiger partial charge in [-0.05, 0) is 18.9 Å². The molecule has 0 aliphatic heterocycles. The lowest BCUT2D eigenvalue weighted by Gasteiger charge is -2.06. The highest BCUT2D eigenvalue weighted by Gasteiger charge is 2.11. The van der Waals surface area contributed by atoms with Crippen LogP contribution in [0.1, 0.15) is 24.0 Å². The molecule has 2 aromatic rings. The molecule has 2 rings (SSSR count). The molecule has 0 unspecified atom stereocenters. The molecule has 3 nitrogen and oxygen atoms in total. The molecule has 1 aromatic heterocycles. The highest BCUT2D eigenvalue weighted by atomic mass is 15.1. The lowest BCUT2D eigenvalue weighted by atomic mass is 10.1. The summed E-state index contributed by atoms with van der Waals surface area (Å²) in [5.74, 6) is 0.928. The third-order valence-electron chi connectivity index (χ3n) is 3.18. The average Bonchev–Trinajstić information content (AvgIpc) is 2.64. The summed E-state index contributed by atoms with van der Waals surface area (Å²) in [5.41, 5.74) is 10.4. The Bertz CT molecular complexity index is 509. The number of nitrogens with zero attached hydrogens (tertiary/aromatic N) is 2. The molecule has 0 bridgehead atoms. The Balaban J connectivity index is 2.48. The molecule has 0 aliphatic rings. The quantitative estimate of drug-likeness (QED) is 0.878. The lowest BCUT2D eigenvalue weighted by Crippen LogP contribution is -2.05. The second-order valence-corrected chi connectivity index (χ2v) is 4.28. The molecule has 0 radical (unpaired) electrons. The largest absolute Gasteiger partial charge is 0.330 e. The molecule has 3 heteroatoms. The molecule has 1 aromatic carbocycles. The maximum Gasteiger partial charge on any atom is 0.122 e. The van der Waals surface area contributed by atoms with Gasteiger partial charge in [-0.3, -0.25) is 0 Å². The van der Waals surface area contributed by atoms with Gasteiger partial charge in [-0.2, -0.15) is 0 Å². The summed E-state index contributed by atoms with van der Waals surface area (Å²) in [7, 11) is 2.02. The number of imidazole rings is 1. The van der Waals surface area contributed by atoms with Gasteiger partial charge in [-0.25, -0.2) is 4.98 Å². The Kier molecular flexibility index (Phi) is 3.29. The summed E-state index contributed by atoms with van der Waals surface area (Å²) in [5, 5.41) is 0. The third kappa shape index (κ3) is 2.11. The minimum Gasteiger partial charge on any atom is -0.330 e. The molecule has 0 amide bonds. The van der Waals surface area contributed by atoms with Crippen LogP contribution in [0.25, 0.3) is 11.3 Å². The van der Waals surface area contributed by atoms with E-state index in [9.17, 15) is 0 Å². The zero-order valence-corrected chi connectivity index (χ0v) is 10.7. The van der Waals surface area contributed by atoms with Gasteiger partial charge in [0.15, 0.2) is 0 Å². The fourth-order valence-corrected chi connectivity index (χ4v) is 2.18. The zero-order valence-electron chi connectivity index (χ0n) is 10.7. The molecule has 0 spiro atoms. The van der Waals surface area contributed by atoms with Gasteiger partial charge < -0.3 is 10.3 Å². The van der Waals surface area contributed by atoms with E-state index in [2.05, 4.69) is 40.7 Å². The molecule has 0 fully saturated rings. The first-order chi connectivity index (χ1) is 8.17. The van der Waals surface area contributed by atoms with Gasteiger partial charge in [0, 0.05) is 12.6 Å². The van der Waals surface area contributed by atoms with Crippen molar-refractivity contribution in [3.63, 3.8) is 0 Å². The summed E-state index contributed by atoms with van der Waals surface area (Å²) >= 11 is 0. The van der Waals surface area contributed by atoms with Crippen LogP contribution in [-0.2, 0) is 20.0 Å². The predicted molar refractivity (Wildman–Crippen MR) is 70.7 cm³/mol.